The van der Waals surface area contributed by atoms with Gasteiger partial charge >= 0.3 is 6.09 Å². The molecule has 2 aromatic heterocycles. The van der Waals surface area contributed by atoms with Gasteiger partial charge in [-0.1, -0.05) is 30.3 Å². The number of rotatable bonds is 8. The van der Waals surface area contributed by atoms with Gasteiger partial charge in [-0.15, -0.1) is 0 Å². The van der Waals surface area contributed by atoms with E-state index in [9.17, 15) is 14.7 Å². The van der Waals surface area contributed by atoms with E-state index in [1.165, 1.54) is 0 Å². The summed E-state index contributed by atoms with van der Waals surface area (Å²) in [7, 11) is 0. The number of H-pyrrole nitrogens is 1. The van der Waals surface area contributed by atoms with E-state index < -0.39 is 12.1 Å². The minimum atomic E-state index is -0.648. The Kier molecular flexibility index (Phi) is 7.17. The van der Waals surface area contributed by atoms with Gasteiger partial charge in [-0.2, -0.15) is 0 Å². The number of amides is 2. The van der Waals surface area contributed by atoms with Crippen LogP contribution in [0.4, 0.5) is 10.7 Å². The zero-order chi connectivity index (χ0) is 22.2. The first kappa shape index (κ1) is 21.8. The van der Waals surface area contributed by atoms with Crippen molar-refractivity contribution in [1.82, 2.24) is 25.7 Å². The number of hydrazine groups is 1. The van der Waals surface area contributed by atoms with E-state index in [0.717, 1.165) is 11.1 Å². The highest BCUT2D eigenvalue weighted by Crippen LogP contribution is 2.23. The number of aromatic nitrogens is 3. The number of aliphatic hydroxyl groups is 1. The molecule has 1 aromatic carbocycles. The minimum absolute atomic E-state index is 0.172. The Bertz CT molecular complexity index is 1040. The molecule has 1 atom stereocenters. The van der Waals surface area contributed by atoms with Crippen LogP contribution in [0.3, 0.4) is 0 Å². The van der Waals surface area contributed by atoms with E-state index in [0.29, 0.717) is 17.0 Å². The molecule has 31 heavy (non-hydrogen) atoms. The molecule has 0 unspecified atom stereocenters. The van der Waals surface area contributed by atoms with Crippen LogP contribution in [0.5, 0.6) is 0 Å². The van der Waals surface area contributed by atoms with Crippen LogP contribution >= 0.6 is 0 Å². The van der Waals surface area contributed by atoms with Gasteiger partial charge < -0.3 is 20.1 Å². The molecule has 5 N–H and O–H groups in total. The maximum absolute atomic E-state index is 12.7. The third-order valence-electron chi connectivity index (χ3n) is 4.41. The van der Waals surface area contributed by atoms with Crippen molar-refractivity contribution < 1.29 is 19.4 Å². The molecule has 0 aliphatic heterocycles. The standard InChI is InChI=1S/C21H24N6O4/c1-3-31-21(30)27-26-20-23-10-13(2)18(25-20)15-9-16(22-11-15)19(29)24-17(12-28)14-7-5-4-6-8-14/h4-11,17,22,28H,3,12H2,1-2H3,(H,24,29)(H,27,30)(H,23,25,26)/t17-/m1/s1. The molecular formula is C21H24N6O4. The van der Waals surface area contributed by atoms with Crippen molar-refractivity contribution >= 4 is 17.9 Å². The Morgan fingerprint density at radius 1 is 1.26 bits per heavy atom. The monoisotopic (exact) mass is 424 g/mol. The fourth-order valence-electron chi connectivity index (χ4n) is 2.89. The lowest BCUT2D eigenvalue weighted by molar-refractivity contribution is 0.0911. The summed E-state index contributed by atoms with van der Waals surface area (Å²) in [6.45, 7) is 3.55. The van der Waals surface area contributed by atoms with Crippen LogP contribution in [0.25, 0.3) is 11.3 Å². The highest BCUT2D eigenvalue weighted by molar-refractivity contribution is 5.94. The third-order valence-corrected chi connectivity index (χ3v) is 4.41. The number of anilines is 1. The average Bonchev–Trinajstić information content (AvgIpc) is 3.28. The van der Waals surface area contributed by atoms with E-state index in [1.54, 1.807) is 25.4 Å². The summed E-state index contributed by atoms with van der Waals surface area (Å²) in [5, 5.41) is 12.5. The van der Waals surface area contributed by atoms with Gasteiger partial charge in [0.1, 0.15) is 5.69 Å². The number of hydrogen-bond acceptors (Lipinski definition) is 7. The van der Waals surface area contributed by atoms with Crippen molar-refractivity contribution in [3.8, 4) is 11.3 Å². The minimum Gasteiger partial charge on any atom is -0.449 e. The second-order valence-electron chi connectivity index (χ2n) is 6.62. The Labute approximate surface area is 179 Å². The number of aryl methyl sites for hydroxylation is 1. The van der Waals surface area contributed by atoms with Crippen LogP contribution in [0, 0.1) is 6.92 Å². The quantitative estimate of drug-likeness (QED) is 0.349. The SMILES string of the molecule is CCOC(=O)NNc1ncc(C)c(-c2c[nH]c(C(=O)N[C@H](CO)c3ccccc3)c2)n1. The van der Waals surface area contributed by atoms with Crippen molar-refractivity contribution in [1.29, 1.82) is 0 Å². The fourth-order valence-corrected chi connectivity index (χ4v) is 2.89. The molecule has 0 spiro atoms. The Morgan fingerprint density at radius 3 is 2.74 bits per heavy atom. The Morgan fingerprint density at radius 2 is 2.03 bits per heavy atom. The van der Waals surface area contributed by atoms with Gasteiger partial charge in [0.25, 0.3) is 5.91 Å². The van der Waals surface area contributed by atoms with Crippen molar-refractivity contribution in [2.45, 2.75) is 19.9 Å². The van der Waals surface area contributed by atoms with Crippen LogP contribution < -0.4 is 16.2 Å². The Hall–Kier alpha value is -3.92. The van der Waals surface area contributed by atoms with E-state index in [4.69, 9.17) is 4.74 Å². The van der Waals surface area contributed by atoms with Crippen LogP contribution in [0.1, 0.15) is 34.6 Å². The topological polar surface area (TPSA) is 141 Å². The van der Waals surface area contributed by atoms with Gasteiger partial charge in [0.2, 0.25) is 5.95 Å². The number of nitrogens with zero attached hydrogens (tertiary/aromatic N) is 2. The van der Waals surface area contributed by atoms with Crippen molar-refractivity contribution in [3.05, 3.63) is 65.6 Å². The molecule has 0 aliphatic carbocycles. The maximum Gasteiger partial charge on any atom is 0.426 e. The predicted octanol–water partition coefficient (Wildman–Crippen LogP) is 2.32. The van der Waals surface area contributed by atoms with Crippen molar-refractivity contribution in [2.75, 3.05) is 18.6 Å². The lowest BCUT2D eigenvalue weighted by Gasteiger charge is -2.16. The fraction of sp³-hybridized carbons (Fsp3) is 0.238. The summed E-state index contributed by atoms with van der Waals surface area (Å²) >= 11 is 0. The molecule has 0 saturated heterocycles. The molecule has 10 nitrogen and oxygen atoms in total. The lowest BCUT2D eigenvalue weighted by Crippen LogP contribution is -2.31. The Balaban J connectivity index is 1.73. The molecule has 162 valence electrons. The molecule has 0 aliphatic rings. The van der Waals surface area contributed by atoms with Crippen LogP contribution in [-0.4, -0.2) is 45.3 Å². The summed E-state index contributed by atoms with van der Waals surface area (Å²) in [6.07, 6.45) is 2.61. The van der Waals surface area contributed by atoms with Crippen molar-refractivity contribution in [2.24, 2.45) is 0 Å². The number of carbonyl (C=O) groups is 2. The van der Waals surface area contributed by atoms with Gasteiger partial charge in [-0.3, -0.25) is 10.2 Å². The van der Waals surface area contributed by atoms with Crippen molar-refractivity contribution in [3.63, 3.8) is 0 Å². The highest BCUT2D eigenvalue weighted by atomic mass is 16.5. The number of aliphatic hydroxyl groups excluding tert-OH is 1. The maximum atomic E-state index is 12.7. The predicted molar refractivity (Wildman–Crippen MR) is 114 cm³/mol. The van der Waals surface area contributed by atoms with E-state index in [2.05, 4.69) is 31.1 Å². The molecule has 0 saturated carbocycles. The number of aromatic amines is 1. The van der Waals surface area contributed by atoms with Gasteiger partial charge in [0.05, 0.1) is 24.9 Å². The first-order chi connectivity index (χ1) is 15.0. The molecule has 10 heteroatoms. The molecule has 2 amide bonds. The summed E-state index contributed by atoms with van der Waals surface area (Å²) in [5.41, 5.74) is 8.08. The largest absolute Gasteiger partial charge is 0.449 e. The first-order valence-electron chi connectivity index (χ1n) is 9.69. The number of ether oxygens (including phenoxy) is 1. The van der Waals surface area contributed by atoms with Gasteiger partial charge in [0.15, 0.2) is 0 Å². The molecule has 0 fully saturated rings. The number of hydrogen-bond donors (Lipinski definition) is 5. The molecule has 3 rings (SSSR count). The zero-order valence-electron chi connectivity index (χ0n) is 17.2. The van der Waals surface area contributed by atoms with E-state index >= 15 is 0 Å². The molecule has 2 heterocycles. The van der Waals surface area contributed by atoms with Crippen LogP contribution in [0.15, 0.2) is 48.8 Å². The number of benzene rings is 1. The third kappa shape index (κ3) is 5.58. The highest BCUT2D eigenvalue weighted by Gasteiger charge is 2.17. The van der Waals surface area contributed by atoms with Gasteiger partial charge in [-0.25, -0.2) is 20.2 Å². The average molecular weight is 424 g/mol. The number of carbonyl (C=O) groups excluding carboxylic acids is 2. The van der Waals surface area contributed by atoms with Gasteiger partial charge in [-0.05, 0) is 31.0 Å². The van der Waals surface area contributed by atoms with E-state index in [1.807, 2.05) is 37.3 Å². The summed E-state index contributed by atoms with van der Waals surface area (Å²) in [6, 6.07) is 10.4. The molecular weight excluding hydrogens is 400 g/mol. The molecule has 0 bridgehead atoms. The van der Waals surface area contributed by atoms with Crippen LogP contribution in [0.2, 0.25) is 0 Å². The summed E-state index contributed by atoms with van der Waals surface area (Å²) in [4.78, 5) is 35.5. The zero-order valence-corrected chi connectivity index (χ0v) is 17.2. The first-order valence-corrected chi connectivity index (χ1v) is 9.69. The lowest BCUT2D eigenvalue weighted by atomic mass is 10.1. The number of nitrogens with one attached hydrogen (secondary N) is 4. The normalized spacial score (nSPS) is 11.5. The van der Waals surface area contributed by atoms with Crippen LogP contribution in [-0.2, 0) is 4.74 Å². The molecule has 3 aromatic rings. The van der Waals surface area contributed by atoms with E-state index in [-0.39, 0.29) is 25.1 Å². The smallest absolute Gasteiger partial charge is 0.426 e. The second-order valence-corrected chi connectivity index (χ2v) is 6.62. The summed E-state index contributed by atoms with van der Waals surface area (Å²) < 4.78 is 4.77. The van der Waals surface area contributed by atoms with Gasteiger partial charge in [0, 0.05) is 18.0 Å². The molecule has 0 radical (unpaired) electrons. The second kappa shape index (κ2) is 10.2. The summed E-state index contributed by atoms with van der Waals surface area (Å²) in [5.74, 6) is -0.187.